The zero-order chi connectivity index (χ0) is 36.5. The molecule has 0 atom stereocenters. The van der Waals surface area contributed by atoms with E-state index in [0.29, 0.717) is 45.5 Å². The first kappa shape index (κ1) is 37.6. The number of anilines is 10. The Morgan fingerprint density at radius 1 is 0.400 bits per heavy atom. The van der Waals surface area contributed by atoms with E-state index in [9.17, 15) is 19.2 Å². The number of amides is 4. The Morgan fingerprint density at radius 3 is 0.940 bits per heavy atom. The number of methoxy groups -OCH3 is 4. The molecule has 50 heavy (non-hydrogen) atoms. The Hall–Kier alpha value is -6.84. The molecule has 0 aliphatic carbocycles. The van der Waals surface area contributed by atoms with Gasteiger partial charge in [0.1, 0.15) is 0 Å². The van der Waals surface area contributed by atoms with Crippen molar-refractivity contribution in [2.45, 2.75) is 0 Å². The zero-order valence-corrected chi connectivity index (χ0v) is 28.3. The lowest BCUT2D eigenvalue weighted by molar-refractivity contribution is 0.186. The first-order valence-electron chi connectivity index (χ1n) is 14.9. The summed E-state index contributed by atoms with van der Waals surface area (Å²) in [7, 11) is 8.50. The highest BCUT2D eigenvalue weighted by molar-refractivity contribution is 5.99. The van der Waals surface area contributed by atoms with Gasteiger partial charge < -0.3 is 40.2 Å². The number of carbonyl (C=O) groups is 4. The Kier molecular flexibility index (Phi) is 14.4. The minimum atomic E-state index is -0.640. The summed E-state index contributed by atoms with van der Waals surface area (Å²) in [6, 6.07) is 25.7. The van der Waals surface area contributed by atoms with Crippen molar-refractivity contribution in [3.05, 3.63) is 84.9 Å². The van der Waals surface area contributed by atoms with Crippen LogP contribution in [-0.4, -0.2) is 66.9 Å². The molecule has 0 radical (unpaired) electrons. The van der Waals surface area contributed by atoms with Crippen LogP contribution in [0, 0.1) is 0 Å². The van der Waals surface area contributed by atoms with E-state index in [0.717, 1.165) is 11.4 Å². The van der Waals surface area contributed by atoms with Crippen LogP contribution in [0.4, 0.5) is 76.1 Å². The molecular formula is C34H40N8O8. The molecule has 4 rings (SSSR count). The average molecular weight is 689 g/mol. The summed E-state index contributed by atoms with van der Waals surface area (Å²) in [5.41, 5.74) is 5.92. The highest BCUT2D eigenvalue weighted by atomic mass is 16.5. The predicted molar refractivity (Wildman–Crippen MR) is 196 cm³/mol. The van der Waals surface area contributed by atoms with E-state index < -0.39 is 24.4 Å². The van der Waals surface area contributed by atoms with Gasteiger partial charge in [-0.3, -0.25) is 21.3 Å². The molecular weight excluding hydrogens is 648 g/mol. The molecule has 0 fully saturated rings. The average Bonchev–Trinajstić information content (AvgIpc) is 3.14. The standard InChI is InChI=1S/C22H22N4O4.C12H18N4O4/c1-29-21(27)25-19-14-20(26-22(28)30-2)18(24-16-11-7-4-8-12-16)13-17(19)23-15-9-5-3-6-10-15;1-13-7-5-10(16-12(18)20-4)8(14-2)6-9(7)15-11(17)19-3/h3-14,23-24H,1-2H3,(H,25,27)(H,26,28);5-6,13-14H,1-4H3,(H,15,17)(H,16,18). The fourth-order valence-corrected chi connectivity index (χ4v) is 4.23. The van der Waals surface area contributed by atoms with Gasteiger partial charge >= 0.3 is 24.4 Å². The third kappa shape index (κ3) is 11.2. The predicted octanol–water partition coefficient (Wildman–Crippen LogP) is 7.66. The molecule has 0 saturated carbocycles. The van der Waals surface area contributed by atoms with E-state index in [1.807, 2.05) is 60.7 Å². The van der Waals surface area contributed by atoms with Gasteiger partial charge in [-0.2, -0.15) is 0 Å². The second-order valence-corrected chi connectivity index (χ2v) is 9.84. The van der Waals surface area contributed by atoms with Gasteiger partial charge in [-0.15, -0.1) is 0 Å². The molecule has 0 aliphatic rings. The minimum Gasteiger partial charge on any atom is -0.453 e. The smallest absolute Gasteiger partial charge is 0.411 e. The summed E-state index contributed by atoms with van der Waals surface area (Å²) in [6.07, 6.45) is -2.45. The number of hydrogen-bond donors (Lipinski definition) is 8. The Labute approximate surface area is 289 Å². The number of benzene rings is 4. The summed E-state index contributed by atoms with van der Waals surface area (Å²) >= 11 is 0. The minimum absolute atomic E-state index is 0.413. The van der Waals surface area contributed by atoms with Gasteiger partial charge in [-0.05, 0) is 48.5 Å². The number of rotatable bonds is 10. The van der Waals surface area contributed by atoms with Crippen molar-refractivity contribution in [3.8, 4) is 0 Å². The second kappa shape index (κ2) is 19.1. The van der Waals surface area contributed by atoms with Gasteiger partial charge in [-0.1, -0.05) is 36.4 Å². The van der Waals surface area contributed by atoms with Gasteiger partial charge in [-0.25, -0.2) is 19.2 Å². The highest BCUT2D eigenvalue weighted by Gasteiger charge is 2.16. The van der Waals surface area contributed by atoms with Crippen molar-refractivity contribution < 1.29 is 38.1 Å². The van der Waals surface area contributed by atoms with Crippen LogP contribution in [0.15, 0.2) is 84.9 Å². The summed E-state index contributed by atoms with van der Waals surface area (Å²) in [5.74, 6) is 0. The number of ether oxygens (including phenoxy) is 4. The van der Waals surface area contributed by atoms with Gasteiger partial charge in [0.2, 0.25) is 0 Å². The molecule has 8 N–H and O–H groups in total. The second-order valence-electron chi connectivity index (χ2n) is 9.84. The van der Waals surface area contributed by atoms with Crippen molar-refractivity contribution >= 4 is 81.2 Å². The lowest BCUT2D eigenvalue weighted by Crippen LogP contribution is -2.15. The molecule has 4 aromatic carbocycles. The van der Waals surface area contributed by atoms with Crippen LogP contribution >= 0.6 is 0 Å². The fourth-order valence-electron chi connectivity index (χ4n) is 4.23. The molecule has 0 bridgehead atoms. The molecule has 4 aromatic rings. The summed E-state index contributed by atoms with van der Waals surface area (Å²) in [5, 5.41) is 22.8. The van der Waals surface area contributed by atoms with Crippen molar-refractivity contribution in [2.75, 3.05) is 85.1 Å². The molecule has 0 aromatic heterocycles. The van der Waals surface area contributed by atoms with Crippen molar-refractivity contribution in [1.29, 1.82) is 0 Å². The molecule has 0 aliphatic heterocycles. The molecule has 0 spiro atoms. The van der Waals surface area contributed by atoms with Crippen LogP contribution in [0.25, 0.3) is 0 Å². The van der Waals surface area contributed by atoms with E-state index in [1.165, 1.54) is 28.4 Å². The maximum atomic E-state index is 11.9. The van der Waals surface area contributed by atoms with Crippen molar-refractivity contribution in [3.63, 3.8) is 0 Å². The molecule has 0 heterocycles. The van der Waals surface area contributed by atoms with Crippen molar-refractivity contribution in [2.24, 2.45) is 0 Å². The SMILES string of the molecule is CNc1cc(NC(=O)OC)c(NC)cc1NC(=O)OC.COC(=O)Nc1cc(NC(=O)OC)c(Nc2ccccc2)cc1Nc1ccccc1. The normalized spacial score (nSPS) is 9.72. The largest absolute Gasteiger partial charge is 0.453 e. The van der Waals surface area contributed by atoms with Crippen LogP contribution in [-0.2, 0) is 18.9 Å². The topological polar surface area (TPSA) is 201 Å². The van der Waals surface area contributed by atoms with Crippen LogP contribution in [0.1, 0.15) is 0 Å². The summed E-state index contributed by atoms with van der Waals surface area (Å²) < 4.78 is 18.5. The fraction of sp³-hybridized carbons (Fsp3) is 0.176. The first-order valence-corrected chi connectivity index (χ1v) is 14.9. The van der Waals surface area contributed by atoms with Gasteiger partial charge in [0, 0.05) is 25.5 Å². The summed E-state index contributed by atoms with van der Waals surface area (Å²) in [4.78, 5) is 46.3. The molecule has 0 saturated heterocycles. The number of hydrogen-bond acceptors (Lipinski definition) is 12. The molecule has 264 valence electrons. The van der Waals surface area contributed by atoms with Crippen LogP contribution in [0.3, 0.4) is 0 Å². The van der Waals surface area contributed by atoms with Crippen LogP contribution in [0.5, 0.6) is 0 Å². The monoisotopic (exact) mass is 688 g/mol. The highest BCUT2D eigenvalue weighted by Crippen LogP contribution is 2.37. The third-order valence-corrected chi connectivity index (χ3v) is 6.65. The Bertz CT molecular complexity index is 1630. The lowest BCUT2D eigenvalue weighted by atomic mass is 10.1. The van der Waals surface area contributed by atoms with E-state index in [-0.39, 0.29) is 0 Å². The van der Waals surface area contributed by atoms with E-state index in [2.05, 4.69) is 52.0 Å². The molecule has 16 nitrogen and oxygen atoms in total. The quantitative estimate of drug-likeness (QED) is 0.0757. The third-order valence-electron chi connectivity index (χ3n) is 6.65. The Morgan fingerprint density at radius 2 is 0.660 bits per heavy atom. The van der Waals surface area contributed by atoms with Gasteiger partial charge in [0.05, 0.1) is 73.9 Å². The molecule has 16 heteroatoms. The molecule has 0 unspecified atom stereocenters. The molecule has 4 amide bonds. The lowest BCUT2D eigenvalue weighted by Gasteiger charge is -2.19. The zero-order valence-electron chi connectivity index (χ0n) is 28.3. The Balaban J connectivity index is 0.000000295. The van der Waals surface area contributed by atoms with Crippen molar-refractivity contribution in [1.82, 2.24) is 0 Å². The summed E-state index contributed by atoms with van der Waals surface area (Å²) in [6.45, 7) is 0. The van der Waals surface area contributed by atoms with Crippen LogP contribution < -0.4 is 42.5 Å². The number of para-hydroxylation sites is 2. The van der Waals surface area contributed by atoms with Gasteiger partial charge in [0.25, 0.3) is 0 Å². The van der Waals surface area contributed by atoms with Crippen LogP contribution in [0.2, 0.25) is 0 Å². The van der Waals surface area contributed by atoms with E-state index in [4.69, 9.17) is 9.47 Å². The van der Waals surface area contributed by atoms with E-state index >= 15 is 0 Å². The number of nitrogens with one attached hydrogen (secondary N) is 8. The maximum Gasteiger partial charge on any atom is 0.411 e. The van der Waals surface area contributed by atoms with Gasteiger partial charge in [0.15, 0.2) is 0 Å². The number of carbonyl (C=O) groups excluding carboxylic acids is 4. The first-order chi connectivity index (χ1) is 24.1. The van der Waals surface area contributed by atoms with E-state index in [1.54, 1.807) is 38.4 Å². The maximum absolute atomic E-state index is 11.9.